The van der Waals surface area contributed by atoms with E-state index in [9.17, 15) is 14.0 Å². The van der Waals surface area contributed by atoms with Crippen LogP contribution in [0, 0.1) is 12.7 Å². The van der Waals surface area contributed by atoms with Crippen molar-refractivity contribution in [3.8, 4) is 0 Å². The van der Waals surface area contributed by atoms with Gasteiger partial charge >= 0.3 is 0 Å². The molecule has 0 fully saturated rings. The van der Waals surface area contributed by atoms with Crippen LogP contribution >= 0.6 is 11.3 Å². The molecule has 0 radical (unpaired) electrons. The summed E-state index contributed by atoms with van der Waals surface area (Å²) >= 11 is 1.20. The number of rotatable bonds is 5. The van der Waals surface area contributed by atoms with Crippen molar-refractivity contribution < 1.29 is 14.0 Å². The molecule has 0 saturated carbocycles. The molecule has 2 amide bonds. The summed E-state index contributed by atoms with van der Waals surface area (Å²) in [4.78, 5) is 31.7. The van der Waals surface area contributed by atoms with Crippen molar-refractivity contribution in [3.05, 3.63) is 77.1 Å². The molecule has 0 aliphatic heterocycles. The van der Waals surface area contributed by atoms with Gasteiger partial charge in [-0.2, -0.15) is 0 Å². The van der Waals surface area contributed by atoms with Crippen molar-refractivity contribution in [2.45, 2.75) is 13.8 Å². The van der Waals surface area contributed by atoms with Crippen LogP contribution < -0.4 is 9.80 Å². The first-order valence-electron chi connectivity index (χ1n) is 8.90. The van der Waals surface area contributed by atoms with Gasteiger partial charge in [-0.25, -0.2) is 9.37 Å². The number of likely N-dealkylation sites (N-methyl/N-ethyl adjacent to an activating group) is 1. The molecule has 0 saturated heterocycles. The van der Waals surface area contributed by atoms with E-state index in [0.29, 0.717) is 10.8 Å². The molecule has 3 rings (SSSR count). The third kappa shape index (κ3) is 4.75. The number of carbonyl (C=O) groups excluding carboxylic acids is 2. The molecule has 3 aromatic rings. The van der Waals surface area contributed by atoms with E-state index < -0.39 is 5.82 Å². The first kappa shape index (κ1) is 20.4. The van der Waals surface area contributed by atoms with Crippen LogP contribution in [0.25, 0.3) is 6.08 Å². The number of amides is 2. The fraction of sp³-hybridized carbons (Fsp3) is 0.136. The van der Waals surface area contributed by atoms with Gasteiger partial charge in [0.2, 0.25) is 5.91 Å². The minimum Gasteiger partial charge on any atom is -0.312 e. The lowest BCUT2D eigenvalue weighted by Gasteiger charge is -2.18. The number of nitrogens with zero attached hydrogens (tertiary/aromatic N) is 3. The van der Waals surface area contributed by atoms with E-state index in [1.807, 2.05) is 31.2 Å². The Morgan fingerprint density at radius 3 is 2.59 bits per heavy atom. The monoisotopic (exact) mass is 409 g/mol. The summed E-state index contributed by atoms with van der Waals surface area (Å²) in [5.41, 5.74) is 2.51. The van der Waals surface area contributed by atoms with Crippen LogP contribution in [0.4, 0.5) is 20.9 Å². The number of carbonyl (C=O) groups is 2. The Labute approximate surface area is 172 Å². The molecule has 29 heavy (non-hydrogen) atoms. The van der Waals surface area contributed by atoms with Crippen LogP contribution in [-0.4, -0.2) is 23.8 Å². The lowest BCUT2D eigenvalue weighted by molar-refractivity contribution is -0.116. The van der Waals surface area contributed by atoms with Gasteiger partial charge in [0.1, 0.15) is 5.82 Å². The average Bonchev–Trinajstić information content (AvgIpc) is 3.15. The highest BCUT2D eigenvalue weighted by molar-refractivity contribution is 7.14. The number of para-hydroxylation sites is 1. The molecule has 0 N–H and O–H groups in total. The van der Waals surface area contributed by atoms with E-state index in [-0.39, 0.29) is 17.5 Å². The normalized spacial score (nSPS) is 10.9. The maximum atomic E-state index is 14.1. The highest BCUT2D eigenvalue weighted by atomic mass is 32.1. The lowest BCUT2D eigenvalue weighted by atomic mass is 10.2. The smallest absolute Gasteiger partial charge is 0.250 e. The largest absolute Gasteiger partial charge is 0.312 e. The van der Waals surface area contributed by atoms with Crippen molar-refractivity contribution in [1.29, 1.82) is 0 Å². The third-order valence-corrected chi connectivity index (χ3v) is 5.07. The minimum absolute atomic E-state index is 0.139. The van der Waals surface area contributed by atoms with Crippen molar-refractivity contribution >= 4 is 45.7 Å². The molecule has 1 aromatic heterocycles. The van der Waals surface area contributed by atoms with Gasteiger partial charge < -0.3 is 4.90 Å². The fourth-order valence-electron chi connectivity index (χ4n) is 2.73. The summed E-state index contributed by atoms with van der Waals surface area (Å²) in [7, 11) is 1.70. The summed E-state index contributed by atoms with van der Waals surface area (Å²) < 4.78 is 14.1. The van der Waals surface area contributed by atoms with Gasteiger partial charge in [0.25, 0.3) is 5.91 Å². The van der Waals surface area contributed by atoms with Crippen molar-refractivity contribution in [2.75, 3.05) is 16.8 Å². The topological polar surface area (TPSA) is 53.5 Å². The molecule has 0 atom stereocenters. The zero-order valence-corrected chi connectivity index (χ0v) is 17.1. The molecule has 7 heteroatoms. The Balaban J connectivity index is 1.79. The Hall–Kier alpha value is -3.32. The second kappa shape index (κ2) is 8.79. The molecule has 0 spiro atoms. The molecule has 148 valence electrons. The summed E-state index contributed by atoms with van der Waals surface area (Å²) in [6, 6.07) is 13.7. The molecule has 0 bridgehead atoms. The number of aromatic nitrogens is 1. The molecule has 1 heterocycles. The van der Waals surface area contributed by atoms with Crippen LogP contribution in [0.15, 0.2) is 60.0 Å². The molecule has 0 aliphatic rings. The molecule has 5 nitrogen and oxygen atoms in total. The zero-order valence-electron chi connectivity index (χ0n) is 16.3. The first-order chi connectivity index (χ1) is 13.9. The summed E-state index contributed by atoms with van der Waals surface area (Å²) in [6.07, 6.45) is 3.00. The number of thiazole rings is 1. The summed E-state index contributed by atoms with van der Waals surface area (Å²) in [5, 5.41) is 2.05. The van der Waals surface area contributed by atoms with Gasteiger partial charge in [-0.3, -0.25) is 14.5 Å². The fourth-order valence-corrected chi connectivity index (χ4v) is 3.58. The number of hydrogen-bond acceptors (Lipinski definition) is 4. The second-order valence-electron chi connectivity index (χ2n) is 6.43. The number of hydrogen-bond donors (Lipinski definition) is 0. The Bertz CT molecular complexity index is 1080. The molecule has 0 unspecified atom stereocenters. The maximum absolute atomic E-state index is 14.1. The Morgan fingerprint density at radius 2 is 1.90 bits per heavy atom. The standard InChI is InChI=1S/C22H20FN3O2S/c1-15-7-6-8-18(13-15)25(3)21(28)12-11-17-14-29-22(24-17)26(16(2)27)20-10-5-4-9-19(20)23/h4-14H,1-3H3. The van der Waals surface area contributed by atoms with Crippen LogP contribution in [0.5, 0.6) is 0 Å². The van der Waals surface area contributed by atoms with Crippen molar-refractivity contribution in [2.24, 2.45) is 0 Å². The zero-order chi connectivity index (χ0) is 21.0. The number of aryl methyl sites for hydroxylation is 1. The number of benzene rings is 2. The Morgan fingerprint density at radius 1 is 1.14 bits per heavy atom. The van der Waals surface area contributed by atoms with Crippen molar-refractivity contribution in [1.82, 2.24) is 4.98 Å². The SMILES string of the molecule is CC(=O)N(c1nc(C=CC(=O)N(C)c2cccc(C)c2)cs1)c1ccccc1F. The summed E-state index contributed by atoms with van der Waals surface area (Å²) in [5.74, 6) is -1.07. The van der Waals surface area contributed by atoms with Gasteiger partial charge in [0, 0.05) is 31.1 Å². The van der Waals surface area contributed by atoms with E-state index in [1.165, 1.54) is 46.3 Å². The minimum atomic E-state index is -0.509. The Kier molecular flexibility index (Phi) is 6.19. The third-order valence-electron chi connectivity index (χ3n) is 4.23. The highest BCUT2D eigenvalue weighted by Gasteiger charge is 2.20. The number of halogens is 1. The first-order valence-corrected chi connectivity index (χ1v) is 9.78. The number of anilines is 3. The van der Waals surface area contributed by atoms with Crippen LogP contribution in [0.1, 0.15) is 18.2 Å². The predicted molar refractivity (Wildman–Crippen MR) is 115 cm³/mol. The lowest BCUT2D eigenvalue weighted by Crippen LogP contribution is -2.24. The molecular formula is C22H20FN3O2S. The van der Waals surface area contributed by atoms with Crippen molar-refractivity contribution in [3.63, 3.8) is 0 Å². The van der Waals surface area contributed by atoms with Crippen LogP contribution in [0.2, 0.25) is 0 Å². The van der Waals surface area contributed by atoms with Gasteiger partial charge in [-0.1, -0.05) is 24.3 Å². The highest BCUT2D eigenvalue weighted by Crippen LogP contribution is 2.31. The maximum Gasteiger partial charge on any atom is 0.250 e. The van der Waals surface area contributed by atoms with Gasteiger partial charge in [0.15, 0.2) is 5.13 Å². The predicted octanol–water partition coefficient (Wildman–Crippen LogP) is 4.95. The van der Waals surface area contributed by atoms with E-state index in [1.54, 1.807) is 30.6 Å². The molecule has 0 aliphatic carbocycles. The molecule has 2 aromatic carbocycles. The van der Waals surface area contributed by atoms with E-state index in [4.69, 9.17) is 0 Å². The second-order valence-corrected chi connectivity index (χ2v) is 7.27. The molecular weight excluding hydrogens is 389 g/mol. The van der Waals surface area contributed by atoms with Gasteiger partial charge in [-0.15, -0.1) is 11.3 Å². The van der Waals surface area contributed by atoms with E-state index in [2.05, 4.69) is 4.98 Å². The van der Waals surface area contributed by atoms with Crippen LogP contribution in [0.3, 0.4) is 0 Å². The summed E-state index contributed by atoms with van der Waals surface area (Å²) in [6.45, 7) is 3.31. The van der Waals surface area contributed by atoms with E-state index in [0.717, 1.165) is 11.3 Å². The quantitative estimate of drug-likeness (QED) is 0.560. The van der Waals surface area contributed by atoms with Crippen LogP contribution in [-0.2, 0) is 9.59 Å². The average molecular weight is 409 g/mol. The van der Waals surface area contributed by atoms with E-state index >= 15 is 0 Å². The van der Waals surface area contributed by atoms with Gasteiger partial charge in [-0.05, 0) is 42.8 Å². The van der Waals surface area contributed by atoms with Gasteiger partial charge in [0.05, 0.1) is 11.4 Å².